The third-order valence-electron chi connectivity index (χ3n) is 4.28. The SMILES string of the molecule is C/N=C(C)\C(C)=C(\C)N(C)CCN1CCN(C)C(=O)C1. The topological polar surface area (TPSA) is 39.1 Å². The molecule has 0 aliphatic carbocycles. The van der Waals surface area contributed by atoms with Crippen molar-refractivity contribution in [2.45, 2.75) is 20.8 Å². The van der Waals surface area contributed by atoms with Gasteiger partial charge in [0.1, 0.15) is 0 Å². The van der Waals surface area contributed by atoms with Crippen molar-refractivity contribution in [1.82, 2.24) is 14.7 Å². The average molecular weight is 280 g/mol. The Balaban J connectivity index is 2.51. The molecule has 1 aliphatic rings. The molecule has 20 heavy (non-hydrogen) atoms. The zero-order valence-corrected chi connectivity index (χ0v) is 13.7. The average Bonchev–Trinajstić information content (AvgIpc) is 2.45. The van der Waals surface area contributed by atoms with E-state index in [1.54, 1.807) is 4.90 Å². The first-order valence-electron chi connectivity index (χ1n) is 7.15. The minimum Gasteiger partial charge on any atom is -0.377 e. The number of aliphatic imine (C=N–C) groups is 1. The van der Waals surface area contributed by atoms with Crippen LogP contribution in [0.2, 0.25) is 0 Å². The molecule has 0 bridgehead atoms. The minimum absolute atomic E-state index is 0.219. The maximum atomic E-state index is 11.7. The van der Waals surface area contributed by atoms with E-state index in [1.807, 2.05) is 21.0 Å². The van der Waals surface area contributed by atoms with Crippen LogP contribution in [0.5, 0.6) is 0 Å². The summed E-state index contributed by atoms with van der Waals surface area (Å²) in [6.07, 6.45) is 0. The summed E-state index contributed by atoms with van der Waals surface area (Å²) < 4.78 is 0. The van der Waals surface area contributed by atoms with Gasteiger partial charge in [0.2, 0.25) is 5.91 Å². The fourth-order valence-corrected chi connectivity index (χ4v) is 2.17. The highest BCUT2D eigenvalue weighted by atomic mass is 16.2. The van der Waals surface area contributed by atoms with Gasteiger partial charge in [0.25, 0.3) is 0 Å². The first-order valence-corrected chi connectivity index (χ1v) is 7.15. The maximum absolute atomic E-state index is 11.7. The molecule has 0 atom stereocenters. The molecule has 1 aliphatic heterocycles. The second-order valence-corrected chi connectivity index (χ2v) is 5.53. The summed E-state index contributed by atoms with van der Waals surface area (Å²) in [5.41, 5.74) is 3.54. The van der Waals surface area contributed by atoms with Gasteiger partial charge in [-0.1, -0.05) is 0 Å². The van der Waals surface area contributed by atoms with Crippen LogP contribution in [0, 0.1) is 0 Å². The van der Waals surface area contributed by atoms with Gasteiger partial charge in [-0.3, -0.25) is 14.7 Å². The number of nitrogens with zero attached hydrogens (tertiary/aromatic N) is 4. The van der Waals surface area contributed by atoms with Crippen LogP contribution in [0.25, 0.3) is 0 Å². The van der Waals surface area contributed by atoms with E-state index in [1.165, 1.54) is 11.3 Å². The van der Waals surface area contributed by atoms with Crippen molar-refractivity contribution < 1.29 is 4.79 Å². The Kier molecular flexibility index (Phi) is 6.20. The number of likely N-dealkylation sites (N-methyl/N-ethyl adjacent to an activating group) is 2. The third-order valence-corrected chi connectivity index (χ3v) is 4.28. The Labute approximate surface area is 122 Å². The summed E-state index contributed by atoms with van der Waals surface area (Å²) in [5.74, 6) is 0.219. The second-order valence-electron chi connectivity index (χ2n) is 5.53. The van der Waals surface area contributed by atoms with Crippen LogP contribution in [0.4, 0.5) is 0 Å². The van der Waals surface area contributed by atoms with E-state index in [0.29, 0.717) is 6.54 Å². The molecular weight excluding hydrogens is 252 g/mol. The number of piperazine rings is 1. The smallest absolute Gasteiger partial charge is 0.236 e. The monoisotopic (exact) mass is 280 g/mol. The molecular formula is C15H28N4O. The standard InChI is InChI=1S/C15H28N4O/c1-12(13(2)16-4)14(3)17(5)7-9-19-10-8-18(6)15(20)11-19/h7-11H2,1-6H3/b14-12-,16-13-. The minimum atomic E-state index is 0.219. The lowest BCUT2D eigenvalue weighted by Crippen LogP contribution is -2.50. The molecule has 5 nitrogen and oxygen atoms in total. The molecule has 0 saturated carbocycles. The van der Waals surface area contributed by atoms with Crippen LogP contribution in [-0.4, -0.2) is 80.2 Å². The molecule has 0 spiro atoms. The van der Waals surface area contributed by atoms with E-state index in [4.69, 9.17) is 0 Å². The predicted octanol–water partition coefficient (Wildman–Crippen LogP) is 1.08. The third kappa shape index (κ3) is 4.34. The van der Waals surface area contributed by atoms with Crippen LogP contribution in [0.1, 0.15) is 20.8 Å². The van der Waals surface area contributed by atoms with Gasteiger partial charge < -0.3 is 9.80 Å². The van der Waals surface area contributed by atoms with E-state index in [9.17, 15) is 4.79 Å². The first kappa shape index (κ1) is 16.7. The number of allylic oxidation sites excluding steroid dienone is 2. The van der Waals surface area contributed by atoms with Gasteiger partial charge in [0, 0.05) is 58.7 Å². The molecule has 0 aromatic rings. The van der Waals surface area contributed by atoms with E-state index in [0.717, 1.165) is 31.9 Å². The first-order chi connectivity index (χ1) is 9.36. The lowest BCUT2D eigenvalue weighted by molar-refractivity contribution is -0.134. The van der Waals surface area contributed by atoms with Crippen LogP contribution in [-0.2, 0) is 4.79 Å². The molecule has 0 unspecified atom stereocenters. The van der Waals surface area contributed by atoms with Gasteiger partial charge in [-0.15, -0.1) is 0 Å². The van der Waals surface area contributed by atoms with E-state index >= 15 is 0 Å². The summed E-state index contributed by atoms with van der Waals surface area (Å²) >= 11 is 0. The molecule has 0 aromatic heterocycles. The molecule has 0 N–H and O–H groups in total. The summed E-state index contributed by atoms with van der Waals surface area (Å²) in [4.78, 5) is 22.2. The highest BCUT2D eigenvalue weighted by Gasteiger charge is 2.20. The predicted molar refractivity (Wildman–Crippen MR) is 84.1 cm³/mol. The highest BCUT2D eigenvalue weighted by molar-refractivity contribution is 5.98. The molecule has 5 heteroatoms. The molecule has 1 fully saturated rings. The molecule has 1 saturated heterocycles. The number of amides is 1. The zero-order valence-electron chi connectivity index (χ0n) is 13.7. The van der Waals surface area contributed by atoms with Crippen molar-refractivity contribution in [2.24, 2.45) is 4.99 Å². The Morgan fingerprint density at radius 3 is 2.50 bits per heavy atom. The summed E-state index contributed by atoms with van der Waals surface area (Å²) in [5, 5.41) is 0. The van der Waals surface area contributed by atoms with Crippen molar-refractivity contribution in [2.75, 3.05) is 53.9 Å². The summed E-state index contributed by atoms with van der Waals surface area (Å²) in [6.45, 7) is 10.4. The molecule has 0 radical (unpaired) electrons. The van der Waals surface area contributed by atoms with Gasteiger partial charge in [-0.2, -0.15) is 0 Å². The Morgan fingerprint density at radius 2 is 1.95 bits per heavy atom. The fraction of sp³-hybridized carbons (Fsp3) is 0.733. The van der Waals surface area contributed by atoms with Crippen LogP contribution < -0.4 is 0 Å². The second kappa shape index (κ2) is 7.43. The maximum Gasteiger partial charge on any atom is 0.236 e. The number of hydrogen-bond acceptors (Lipinski definition) is 4. The van der Waals surface area contributed by atoms with Gasteiger partial charge in [0.05, 0.1) is 6.54 Å². The molecule has 114 valence electrons. The van der Waals surface area contributed by atoms with Crippen LogP contribution >= 0.6 is 0 Å². The van der Waals surface area contributed by atoms with E-state index in [-0.39, 0.29) is 5.91 Å². The van der Waals surface area contributed by atoms with Crippen LogP contribution in [0.15, 0.2) is 16.3 Å². The molecule has 1 amide bonds. The van der Waals surface area contributed by atoms with Crippen molar-refractivity contribution >= 4 is 11.6 Å². The van der Waals surface area contributed by atoms with E-state index < -0.39 is 0 Å². The van der Waals surface area contributed by atoms with Gasteiger partial charge in [-0.05, 0) is 26.3 Å². The lowest BCUT2D eigenvalue weighted by atomic mass is 10.1. The number of carbonyl (C=O) groups excluding carboxylic acids is 1. The summed E-state index contributed by atoms with van der Waals surface area (Å²) in [6, 6.07) is 0. The molecule has 1 heterocycles. The van der Waals surface area contributed by atoms with Crippen molar-refractivity contribution in [1.29, 1.82) is 0 Å². The Morgan fingerprint density at radius 1 is 1.30 bits per heavy atom. The van der Waals surface area contributed by atoms with Crippen molar-refractivity contribution in [3.63, 3.8) is 0 Å². The van der Waals surface area contributed by atoms with E-state index in [2.05, 4.69) is 35.7 Å². The quantitative estimate of drug-likeness (QED) is 0.707. The van der Waals surface area contributed by atoms with Crippen LogP contribution in [0.3, 0.4) is 0 Å². The molecule has 0 aromatic carbocycles. The number of hydrogen-bond donors (Lipinski definition) is 0. The summed E-state index contributed by atoms with van der Waals surface area (Å²) in [7, 11) is 5.79. The largest absolute Gasteiger partial charge is 0.377 e. The van der Waals surface area contributed by atoms with Crippen molar-refractivity contribution in [3.8, 4) is 0 Å². The van der Waals surface area contributed by atoms with Gasteiger partial charge in [0.15, 0.2) is 0 Å². The Bertz CT molecular complexity index is 414. The number of rotatable bonds is 5. The highest BCUT2D eigenvalue weighted by Crippen LogP contribution is 2.10. The zero-order chi connectivity index (χ0) is 15.3. The Hall–Kier alpha value is -1.36. The molecule has 1 rings (SSSR count). The van der Waals surface area contributed by atoms with Gasteiger partial charge >= 0.3 is 0 Å². The fourth-order valence-electron chi connectivity index (χ4n) is 2.17. The van der Waals surface area contributed by atoms with Crippen molar-refractivity contribution in [3.05, 3.63) is 11.3 Å². The normalized spacial score (nSPS) is 19.2. The lowest BCUT2D eigenvalue weighted by Gasteiger charge is -2.33. The van der Waals surface area contributed by atoms with Gasteiger partial charge in [-0.25, -0.2) is 0 Å². The number of carbonyl (C=O) groups is 1.